The number of aryl methyl sites for hydroxylation is 1. The fourth-order valence-corrected chi connectivity index (χ4v) is 1.74. The zero-order chi connectivity index (χ0) is 14.7. The topological polar surface area (TPSA) is 54.1 Å². The fraction of sp³-hybridized carbons (Fsp3) is 0.214. The molecule has 0 fully saturated rings. The largest absolute Gasteiger partial charge is 0.464 e. The minimum absolute atomic E-state index is 0.0716. The fourth-order valence-electron chi connectivity index (χ4n) is 1.74. The monoisotopic (exact) mass is 280 g/mol. The molecule has 0 aliphatic carbocycles. The first-order chi connectivity index (χ1) is 9.51. The number of hydrogen-bond donors (Lipinski definition) is 2. The van der Waals surface area contributed by atoms with E-state index in [0.717, 1.165) is 12.1 Å². The van der Waals surface area contributed by atoms with E-state index in [9.17, 15) is 13.6 Å². The molecule has 0 bridgehead atoms. The van der Waals surface area contributed by atoms with Crippen LogP contribution in [0, 0.1) is 18.6 Å². The third-order valence-electron chi connectivity index (χ3n) is 2.87. The predicted molar refractivity (Wildman–Crippen MR) is 70.6 cm³/mol. The van der Waals surface area contributed by atoms with Gasteiger partial charge in [-0.2, -0.15) is 0 Å². The van der Waals surface area contributed by atoms with E-state index in [1.165, 1.54) is 14.0 Å². The van der Waals surface area contributed by atoms with Crippen molar-refractivity contribution in [2.75, 3.05) is 12.4 Å². The summed E-state index contributed by atoms with van der Waals surface area (Å²) in [5, 5.41) is 2.77. The van der Waals surface area contributed by atoms with Crippen LogP contribution in [0.1, 0.15) is 21.7 Å². The van der Waals surface area contributed by atoms with Gasteiger partial charge in [-0.25, -0.2) is 13.6 Å². The molecule has 106 valence electrons. The number of aromatic nitrogens is 1. The van der Waals surface area contributed by atoms with E-state index in [0.29, 0.717) is 11.4 Å². The molecule has 1 aromatic heterocycles. The van der Waals surface area contributed by atoms with Gasteiger partial charge in [-0.05, 0) is 30.7 Å². The van der Waals surface area contributed by atoms with Gasteiger partial charge in [0.25, 0.3) is 0 Å². The zero-order valence-corrected chi connectivity index (χ0v) is 11.1. The molecule has 2 rings (SSSR count). The molecule has 0 saturated carbocycles. The summed E-state index contributed by atoms with van der Waals surface area (Å²) in [6.07, 6.45) is 0. The molecule has 0 saturated heterocycles. The summed E-state index contributed by atoms with van der Waals surface area (Å²) in [7, 11) is 1.28. The van der Waals surface area contributed by atoms with Crippen molar-refractivity contribution >= 4 is 11.7 Å². The van der Waals surface area contributed by atoms with Crippen LogP contribution in [0.2, 0.25) is 0 Å². The molecule has 4 nitrogen and oxygen atoms in total. The number of aromatic amines is 1. The van der Waals surface area contributed by atoms with Crippen LogP contribution in [-0.4, -0.2) is 18.1 Å². The van der Waals surface area contributed by atoms with Gasteiger partial charge in [0.05, 0.1) is 19.3 Å². The van der Waals surface area contributed by atoms with Crippen molar-refractivity contribution in [1.29, 1.82) is 0 Å². The highest BCUT2D eigenvalue weighted by molar-refractivity contribution is 5.87. The normalized spacial score (nSPS) is 10.4. The smallest absolute Gasteiger partial charge is 0.354 e. The van der Waals surface area contributed by atoms with Gasteiger partial charge in [0.15, 0.2) is 0 Å². The average molecular weight is 280 g/mol. The Bertz CT molecular complexity index is 638. The number of benzene rings is 1. The Balaban J connectivity index is 2.07. The molecule has 0 spiro atoms. The van der Waals surface area contributed by atoms with E-state index < -0.39 is 17.6 Å². The number of rotatable bonds is 4. The first kappa shape index (κ1) is 14.0. The highest BCUT2D eigenvalue weighted by atomic mass is 19.1. The number of nitrogens with one attached hydrogen (secondary N) is 2. The maximum absolute atomic E-state index is 13.6. The van der Waals surface area contributed by atoms with Gasteiger partial charge in [-0.3, -0.25) is 0 Å². The van der Waals surface area contributed by atoms with Crippen LogP contribution in [-0.2, 0) is 11.3 Å². The third-order valence-corrected chi connectivity index (χ3v) is 2.87. The molecule has 0 radical (unpaired) electrons. The zero-order valence-electron chi connectivity index (χ0n) is 11.1. The lowest BCUT2D eigenvalue weighted by molar-refractivity contribution is 0.0594. The van der Waals surface area contributed by atoms with Gasteiger partial charge in [0, 0.05) is 11.8 Å². The molecular formula is C14H14F2N2O2. The number of hydrogen-bond acceptors (Lipinski definition) is 3. The van der Waals surface area contributed by atoms with Crippen molar-refractivity contribution in [3.05, 3.63) is 52.9 Å². The van der Waals surface area contributed by atoms with Crippen molar-refractivity contribution in [3.63, 3.8) is 0 Å². The molecule has 0 atom stereocenters. The average Bonchev–Trinajstić information content (AvgIpc) is 2.89. The van der Waals surface area contributed by atoms with Gasteiger partial charge in [0.2, 0.25) is 0 Å². The Morgan fingerprint density at radius 3 is 2.75 bits per heavy atom. The highest BCUT2D eigenvalue weighted by Gasteiger charge is 2.10. The second kappa shape index (κ2) is 5.73. The molecule has 2 aromatic rings. The van der Waals surface area contributed by atoms with Crippen LogP contribution in [0.4, 0.5) is 14.5 Å². The maximum Gasteiger partial charge on any atom is 0.354 e. The van der Waals surface area contributed by atoms with Crippen molar-refractivity contribution in [2.45, 2.75) is 13.5 Å². The second-order valence-corrected chi connectivity index (χ2v) is 4.32. The van der Waals surface area contributed by atoms with Crippen LogP contribution in [0.3, 0.4) is 0 Å². The van der Waals surface area contributed by atoms with E-state index in [4.69, 9.17) is 0 Å². The summed E-state index contributed by atoms with van der Waals surface area (Å²) in [4.78, 5) is 14.1. The Morgan fingerprint density at radius 1 is 1.30 bits per heavy atom. The molecule has 1 aromatic carbocycles. The second-order valence-electron chi connectivity index (χ2n) is 4.32. The summed E-state index contributed by atoms with van der Waals surface area (Å²) < 4.78 is 31.5. The first-order valence-corrected chi connectivity index (χ1v) is 5.97. The molecule has 20 heavy (non-hydrogen) atoms. The van der Waals surface area contributed by atoms with Gasteiger partial charge in [-0.15, -0.1) is 0 Å². The van der Waals surface area contributed by atoms with Crippen LogP contribution < -0.4 is 5.32 Å². The molecule has 0 unspecified atom stereocenters. The highest BCUT2D eigenvalue weighted by Crippen LogP contribution is 2.19. The van der Waals surface area contributed by atoms with Crippen LogP contribution in [0.15, 0.2) is 24.3 Å². The van der Waals surface area contributed by atoms with Crippen molar-refractivity contribution in [1.82, 2.24) is 4.98 Å². The summed E-state index contributed by atoms with van der Waals surface area (Å²) in [5.41, 5.74) is 1.29. The van der Waals surface area contributed by atoms with Gasteiger partial charge < -0.3 is 15.0 Å². The number of esters is 1. The van der Waals surface area contributed by atoms with Crippen LogP contribution in [0.25, 0.3) is 0 Å². The van der Waals surface area contributed by atoms with Gasteiger partial charge >= 0.3 is 5.97 Å². The quantitative estimate of drug-likeness (QED) is 0.846. The number of H-pyrrole nitrogens is 1. The Labute approximate surface area is 114 Å². The van der Waals surface area contributed by atoms with E-state index in [-0.39, 0.29) is 17.8 Å². The lowest BCUT2D eigenvalue weighted by atomic mass is 10.2. The maximum atomic E-state index is 13.6. The summed E-state index contributed by atoms with van der Waals surface area (Å²) >= 11 is 0. The van der Waals surface area contributed by atoms with Crippen LogP contribution in [0.5, 0.6) is 0 Å². The summed E-state index contributed by atoms with van der Waals surface area (Å²) in [6, 6.07) is 5.47. The molecule has 2 N–H and O–H groups in total. The SMILES string of the molecule is COC(=O)c1ccc(CNc2cc(F)c(C)cc2F)[nH]1. The number of carbonyl (C=O) groups is 1. The van der Waals surface area contributed by atoms with Gasteiger partial charge in [0.1, 0.15) is 17.3 Å². The molecular weight excluding hydrogens is 266 g/mol. The summed E-state index contributed by atoms with van der Waals surface area (Å²) in [5.74, 6) is -1.48. The standard InChI is InChI=1S/C14H14F2N2O2/c1-8-5-11(16)13(6-10(8)15)17-7-9-3-4-12(18-9)14(19)20-2/h3-6,17-18H,7H2,1-2H3. The molecule has 0 aliphatic rings. The lowest BCUT2D eigenvalue weighted by Crippen LogP contribution is -2.05. The van der Waals surface area contributed by atoms with Crippen molar-refractivity contribution in [2.24, 2.45) is 0 Å². The lowest BCUT2D eigenvalue weighted by Gasteiger charge is -2.08. The predicted octanol–water partition coefficient (Wildman–Crippen LogP) is 3.00. The van der Waals surface area contributed by atoms with Crippen LogP contribution >= 0.6 is 0 Å². The minimum Gasteiger partial charge on any atom is -0.464 e. The molecule has 6 heteroatoms. The molecule has 0 amide bonds. The van der Waals surface area contributed by atoms with Crippen molar-refractivity contribution < 1.29 is 18.3 Å². The third kappa shape index (κ3) is 2.96. The summed E-state index contributed by atoms with van der Waals surface area (Å²) in [6.45, 7) is 1.73. The van der Waals surface area contributed by atoms with E-state index in [1.54, 1.807) is 12.1 Å². The van der Waals surface area contributed by atoms with E-state index in [1.807, 2.05) is 0 Å². The Kier molecular flexibility index (Phi) is 4.02. The number of halogens is 2. The number of carbonyl (C=O) groups excluding carboxylic acids is 1. The Morgan fingerprint density at radius 2 is 2.05 bits per heavy atom. The number of ether oxygens (including phenoxy) is 1. The van der Waals surface area contributed by atoms with Crippen molar-refractivity contribution in [3.8, 4) is 0 Å². The first-order valence-electron chi connectivity index (χ1n) is 5.97. The molecule has 1 heterocycles. The van der Waals surface area contributed by atoms with E-state index >= 15 is 0 Å². The molecule has 0 aliphatic heterocycles. The van der Waals surface area contributed by atoms with Gasteiger partial charge in [-0.1, -0.05) is 0 Å². The number of methoxy groups -OCH3 is 1. The Hall–Kier alpha value is -2.37. The minimum atomic E-state index is -0.524. The van der Waals surface area contributed by atoms with E-state index in [2.05, 4.69) is 15.0 Å². The number of anilines is 1.